The number of aryl methyl sites for hydroxylation is 1. The first kappa shape index (κ1) is 26.8. The lowest BCUT2D eigenvalue weighted by molar-refractivity contribution is -0.129. The van der Waals surface area contributed by atoms with E-state index in [9.17, 15) is 26.4 Å². The van der Waals surface area contributed by atoms with Gasteiger partial charge in [-0.05, 0) is 68.0 Å². The molecule has 2 fully saturated rings. The molecular weight excluding hydrogens is 521 g/mol. The Balaban J connectivity index is 1.19. The van der Waals surface area contributed by atoms with Crippen molar-refractivity contribution in [3.8, 4) is 17.0 Å². The van der Waals surface area contributed by atoms with Gasteiger partial charge in [0, 0.05) is 37.7 Å². The van der Waals surface area contributed by atoms with E-state index in [1.807, 2.05) is 25.1 Å². The highest BCUT2D eigenvalue weighted by atomic mass is 32.2. The third-order valence-electron chi connectivity index (χ3n) is 7.66. The maximum absolute atomic E-state index is 12.4. The highest BCUT2D eigenvalue weighted by Crippen LogP contribution is 2.42. The van der Waals surface area contributed by atoms with Crippen LogP contribution in [0.1, 0.15) is 56.6 Å². The van der Waals surface area contributed by atoms with E-state index in [0.717, 1.165) is 55.4 Å². The molecule has 2 aliphatic heterocycles. The molecule has 3 aliphatic rings. The summed E-state index contributed by atoms with van der Waals surface area (Å²) < 4.78 is 73.3. The maximum Gasteiger partial charge on any atom is 0.410 e. The van der Waals surface area contributed by atoms with Crippen LogP contribution < -0.4 is 4.74 Å². The molecule has 38 heavy (non-hydrogen) atoms. The van der Waals surface area contributed by atoms with Crippen LogP contribution in [0, 0.1) is 0 Å². The normalized spacial score (nSPS) is 19.9. The number of halogens is 3. The minimum atomic E-state index is -4.51. The maximum atomic E-state index is 12.4. The number of rotatable bonds is 6. The lowest BCUT2D eigenvalue weighted by atomic mass is 9.83. The Morgan fingerprint density at radius 1 is 1.11 bits per heavy atom. The van der Waals surface area contributed by atoms with Crippen LogP contribution in [0.4, 0.5) is 18.0 Å². The zero-order valence-electron chi connectivity index (χ0n) is 21.2. The largest absolute Gasteiger partial charge is 0.487 e. The summed E-state index contributed by atoms with van der Waals surface area (Å²) in [6, 6.07) is 9.08. The van der Waals surface area contributed by atoms with Crippen molar-refractivity contribution >= 4 is 15.9 Å². The second-order valence-corrected chi connectivity index (χ2v) is 13.1. The van der Waals surface area contributed by atoms with Gasteiger partial charge in [-0.25, -0.2) is 13.2 Å². The van der Waals surface area contributed by atoms with Crippen LogP contribution in [0.25, 0.3) is 11.3 Å². The lowest BCUT2D eigenvalue weighted by Crippen LogP contribution is -2.51. The van der Waals surface area contributed by atoms with Crippen molar-refractivity contribution in [1.82, 2.24) is 9.88 Å². The number of carbonyl (C=O) groups excluding carboxylic acids is 1. The summed E-state index contributed by atoms with van der Waals surface area (Å²) in [6.45, 7) is 3.16. The van der Waals surface area contributed by atoms with E-state index in [4.69, 9.17) is 9.47 Å². The Hall–Kier alpha value is -2.82. The van der Waals surface area contributed by atoms with Gasteiger partial charge in [-0.3, -0.25) is 4.98 Å². The monoisotopic (exact) mass is 552 g/mol. The van der Waals surface area contributed by atoms with Gasteiger partial charge < -0.3 is 14.4 Å². The number of piperidine rings is 1. The molecule has 7 nitrogen and oxygen atoms in total. The van der Waals surface area contributed by atoms with E-state index < -0.39 is 33.9 Å². The van der Waals surface area contributed by atoms with Crippen LogP contribution >= 0.6 is 0 Å². The Kier molecular flexibility index (Phi) is 6.86. The van der Waals surface area contributed by atoms with Gasteiger partial charge in [0.1, 0.15) is 17.0 Å². The van der Waals surface area contributed by atoms with E-state index in [1.165, 1.54) is 6.20 Å². The van der Waals surface area contributed by atoms with E-state index in [2.05, 4.69) is 4.98 Å². The molecule has 11 heteroatoms. The summed E-state index contributed by atoms with van der Waals surface area (Å²) in [6.07, 6.45) is 0.286. The molecule has 3 heterocycles. The Morgan fingerprint density at radius 3 is 2.47 bits per heavy atom. The second kappa shape index (κ2) is 9.73. The number of pyridine rings is 1. The zero-order valence-corrected chi connectivity index (χ0v) is 22.0. The third kappa shape index (κ3) is 6.42. The molecule has 0 bridgehead atoms. The Morgan fingerprint density at radius 2 is 1.84 bits per heavy atom. The van der Waals surface area contributed by atoms with Gasteiger partial charge in [-0.2, -0.15) is 13.2 Å². The predicted octanol–water partition coefficient (Wildman–Crippen LogP) is 5.46. The van der Waals surface area contributed by atoms with Crippen LogP contribution in [-0.2, 0) is 26.7 Å². The van der Waals surface area contributed by atoms with Gasteiger partial charge in [0.25, 0.3) is 0 Å². The number of likely N-dealkylation sites (tertiary alicyclic amines) is 1. The minimum Gasteiger partial charge on any atom is -0.487 e. The Bertz CT molecular complexity index is 1300. The third-order valence-corrected chi connectivity index (χ3v) is 9.26. The topological polar surface area (TPSA) is 85.8 Å². The quantitative estimate of drug-likeness (QED) is 0.473. The van der Waals surface area contributed by atoms with Crippen molar-refractivity contribution in [2.24, 2.45) is 0 Å². The van der Waals surface area contributed by atoms with Gasteiger partial charge >= 0.3 is 12.3 Å². The van der Waals surface area contributed by atoms with Gasteiger partial charge in [-0.1, -0.05) is 6.07 Å². The molecule has 206 valence electrons. The van der Waals surface area contributed by atoms with Crippen molar-refractivity contribution in [3.05, 3.63) is 47.7 Å². The van der Waals surface area contributed by atoms with Crippen LogP contribution in [0.15, 0.2) is 36.5 Å². The van der Waals surface area contributed by atoms with Gasteiger partial charge in [0.15, 0.2) is 9.84 Å². The fourth-order valence-electron chi connectivity index (χ4n) is 4.96. The summed E-state index contributed by atoms with van der Waals surface area (Å²) in [5.74, 6) is -0.606. The molecule has 2 aromatic rings. The van der Waals surface area contributed by atoms with E-state index >= 15 is 0 Å². The summed E-state index contributed by atoms with van der Waals surface area (Å²) in [5.41, 5.74) is 2.31. The second-order valence-electron chi connectivity index (χ2n) is 10.9. The standard InChI is InChI=1S/C27H31F3N2O5S/c1-25(8-9-25)37-24(33)32-13-10-26(11-14-32)7-6-21-16-20(3-5-23(21)36-26)22-4-2-19(17-31-22)18-38(34,35)15-12-27(28,29)30/h2-5,16-17H,6-15,18H2,1H3. The number of alkyl halides is 3. The number of aromatic nitrogens is 1. The molecule has 0 N–H and O–H groups in total. The molecule has 0 unspecified atom stereocenters. The number of ether oxygens (including phenoxy) is 2. The average molecular weight is 553 g/mol. The van der Waals surface area contributed by atoms with Gasteiger partial charge in [-0.15, -0.1) is 0 Å². The minimum absolute atomic E-state index is 0.238. The summed E-state index contributed by atoms with van der Waals surface area (Å²) in [4.78, 5) is 18.6. The van der Waals surface area contributed by atoms with Crippen molar-refractivity contribution < 1.29 is 35.9 Å². The number of nitrogens with zero attached hydrogens (tertiary/aromatic N) is 2. The van der Waals surface area contributed by atoms with E-state index in [-0.39, 0.29) is 17.3 Å². The molecule has 1 saturated carbocycles. The molecule has 1 aromatic heterocycles. The summed E-state index contributed by atoms with van der Waals surface area (Å²) in [7, 11) is -3.89. The van der Waals surface area contributed by atoms with Crippen LogP contribution in [-0.4, -0.2) is 60.6 Å². The van der Waals surface area contributed by atoms with Gasteiger partial charge in [0.05, 0.1) is 23.6 Å². The molecule has 0 atom stereocenters. The predicted molar refractivity (Wildman–Crippen MR) is 134 cm³/mol. The van der Waals surface area contributed by atoms with Crippen LogP contribution in [0.3, 0.4) is 0 Å². The lowest BCUT2D eigenvalue weighted by Gasteiger charge is -2.44. The Labute approximate surface area is 220 Å². The van der Waals surface area contributed by atoms with Crippen molar-refractivity contribution in [3.63, 3.8) is 0 Å². The number of hydrogen-bond donors (Lipinski definition) is 0. The number of hydrogen-bond acceptors (Lipinski definition) is 6. The number of carbonyl (C=O) groups is 1. The number of fused-ring (bicyclic) bond motifs is 1. The van der Waals surface area contributed by atoms with Gasteiger partial charge in [0.2, 0.25) is 0 Å². The van der Waals surface area contributed by atoms with Crippen molar-refractivity contribution in [1.29, 1.82) is 0 Å². The molecule has 0 radical (unpaired) electrons. The summed E-state index contributed by atoms with van der Waals surface area (Å²) >= 11 is 0. The smallest absolute Gasteiger partial charge is 0.410 e. The number of benzene rings is 1. The van der Waals surface area contributed by atoms with Crippen LogP contribution in [0.5, 0.6) is 5.75 Å². The SMILES string of the molecule is CC1(OC(=O)N2CCC3(CCc4cc(-c5ccc(CS(=O)(=O)CCC(F)(F)F)cn5)ccc4O3)CC2)CC1. The molecule has 1 aromatic carbocycles. The zero-order chi connectivity index (χ0) is 27.2. The van der Waals surface area contributed by atoms with E-state index in [1.54, 1.807) is 17.0 Å². The fraction of sp³-hybridized carbons (Fsp3) is 0.556. The first-order chi connectivity index (χ1) is 17.8. The van der Waals surface area contributed by atoms with Crippen LogP contribution in [0.2, 0.25) is 0 Å². The molecule has 1 saturated heterocycles. The molecule has 1 amide bonds. The van der Waals surface area contributed by atoms with Crippen molar-refractivity contribution in [2.75, 3.05) is 18.8 Å². The molecule has 1 aliphatic carbocycles. The number of amides is 1. The molecule has 5 rings (SSSR count). The molecule has 1 spiro atoms. The highest BCUT2D eigenvalue weighted by molar-refractivity contribution is 7.90. The van der Waals surface area contributed by atoms with Crippen molar-refractivity contribution in [2.45, 2.75) is 75.0 Å². The highest BCUT2D eigenvalue weighted by Gasteiger charge is 2.45. The average Bonchev–Trinajstić information content (AvgIpc) is 3.59. The first-order valence-corrected chi connectivity index (χ1v) is 14.7. The summed E-state index contributed by atoms with van der Waals surface area (Å²) in [5, 5.41) is 0. The van der Waals surface area contributed by atoms with E-state index in [0.29, 0.717) is 24.3 Å². The number of sulfone groups is 1. The first-order valence-electron chi connectivity index (χ1n) is 12.9. The molecular formula is C27H31F3N2O5S. The fourth-order valence-corrected chi connectivity index (χ4v) is 6.33.